The van der Waals surface area contributed by atoms with Crippen molar-refractivity contribution in [2.24, 2.45) is 0 Å². The van der Waals surface area contributed by atoms with Crippen LogP contribution in [0.2, 0.25) is 0 Å². The number of ether oxygens (including phenoxy) is 1. The third-order valence-corrected chi connectivity index (χ3v) is 2.60. The molecule has 1 aromatic carbocycles. The molecule has 1 rings (SSSR count). The molecule has 0 spiro atoms. The molecule has 1 amide bonds. The number of carboxylic acid groups (broad SMARTS) is 1. The summed E-state index contributed by atoms with van der Waals surface area (Å²) in [5.41, 5.74) is -1.24. The van der Waals surface area contributed by atoms with E-state index in [1.807, 2.05) is 0 Å². The van der Waals surface area contributed by atoms with Crippen LogP contribution in [-0.4, -0.2) is 34.2 Å². The largest absolute Gasteiger partial charge is 0.477 e. The second kappa shape index (κ2) is 6.88. The number of amides is 1. The highest BCUT2D eigenvalue weighted by Crippen LogP contribution is 2.24. The molecule has 0 aliphatic rings. The average Bonchev–Trinajstić information content (AvgIpc) is 2.35. The molecule has 0 aliphatic heterocycles. The second-order valence-electron chi connectivity index (χ2n) is 5.55. The zero-order chi connectivity index (χ0) is 16.9. The summed E-state index contributed by atoms with van der Waals surface area (Å²) in [5.74, 6) is -1.37. The van der Waals surface area contributed by atoms with E-state index in [0.717, 1.165) is 0 Å². The lowest BCUT2D eigenvalue weighted by Crippen LogP contribution is -2.33. The Kier molecular flexibility index (Phi) is 5.44. The van der Waals surface area contributed by atoms with Crippen molar-refractivity contribution < 1.29 is 24.4 Å². The summed E-state index contributed by atoms with van der Waals surface area (Å²) in [6.45, 7) is 5.24. The monoisotopic (exact) mass is 310 g/mol. The number of nitro groups is 1. The summed E-state index contributed by atoms with van der Waals surface area (Å²) in [6.07, 6.45) is -0.513. The van der Waals surface area contributed by atoms with E-state index in [9.17, 15) is 19.7 Å². The van der Waals surface area contributed by atoms with Crippen LogP contribution in [-0.2, 0) is 11.2 Å². The van der Waals surface area contributed by atoms with Crippen LogP contribution in [0.3, 0.4) is 0 Å². The van der Waals surface area contributed by atoms with Gasteiger partial charge in [0.05, 0.1) is 4.92 Å². The van der Waals surface area contributed by atoms with E-state index in [4.69, 9.17) is 9.84 Å². The lowest BCUT2D eigenvalue weighted by Gasteiger charge is -2.19. The van der Waals surface area contributed by atoms with Crippen molar-refractivity contribution in [1.29, 1.82) is 0 Å². The Hall–Kier alpha value is -2.64. The average molecular weight is 310 g/mol. The summed E-state index contributed by atoms with van der Waals surface area (Å²) in [6, 6.07) is 4.06. The van der Waals surface area contributed by atoms with E-state index in [0.29, 0.717) is 0 Å². The Labute approximate surface area is 127 Å². The number of aromatic carboxylic acids is 1. The van der Waals surface area contributed by atoms with Gasteiger partial charge in [0.15, 0.2) is 0 Å². The van der Waals surface area contributed by atoms with E-state index in [1.54, 1.807) is 20.8 Å². The summed E-state index contributed by atoms with van der Waals surface area (Å²) >= 11 is 0. The van der Waals surface area contributed by atoms with E-state index >= 15 is 0 Å². The number of nitrogens with zero attached hydrogens (tertiary/aromatic N) is 1. The summed E-state index contributed by atoms with van der Waals surface area (Å²) in [4.78, 5) is 32.8. The van der Waals surface area contributed by atoms with Crippen molar-refractivity contribution in [3.05, 3.63) is 39.4 Å². The van der Waals surface area contributed by atoms with Gasteiger partial charge in [-0.2, -0.15) is 0 Å². The predicted octanol–water partition coefficient (Wildman–Crippen LogP) is 2.36. The first kappa shape index (κ1) is 17.4. The smallest absolute Gasteiger partial charge is 0.407 e. The SMILES string of the molecule is CC(C)(C)OC(=O)NCCc1cccc(C(=O)O)c1[N+](=O)[O-]. The predicted molar refractivity (Wildman–Crippen MR) is 78.0 cm³/mol. The maximum absolute atomic E-state index is 11.5. The number of carbonyl (C=O) groups is 2. The van der Waals surface area contributed by atoms with Gasteiger partial charge in [-0.25, -0.2) is 9.59 Å². The summed E-state index contributed by atoms with van der Waals surface area (Å²) in [7, 11) is 0. The quantitative estimate of drug-likeness (QED) is 0.636. The molecule has 0 saturated heterocycles. The van der Waals surface area contributed by atoms with Crippen LogP contribution in [0.15, 0.2) is 18.2 Å². The molecule has 2 N–H and O–H groups in total. The lowest BCUT2D eigenvalue weighted by molar-refractivity contribution is -0.385. The van der Waals surface area contributed by atoms with Crippen LogP contribution in [0.25, 0.3) is 0 Å². The molecule has 0 aliphatic carbocycles. The molecule has 0 bridgehead atoms. The lowest BCUT2D eigenvalue weighted by atomic mass is 10.0. The van der Waals surface area contributed by atoms with Gasteiger partial charge in [-0.05, 0) is 33.3 Å². The first-order chi connectivity index (χ1) is 10.1. The standard InChI is InChI=1S/C14H18N2O6/c1-14(2,3)22-13(19)15-8-7-9-5-4-6-10(12(17)18)11(9)16(20)21/h4-6H,7-8H2,1-3H3,(H,15,19)(H,17,18). The first-order valence-corrected chi connectivity index (χ1v) is 6.58. The minimum Gasteiger partial charge on any atom is -0.477 e. The van der Waals surface area contributed by atoms with Gasteiger partial charge < -0.3 is 15.2 Å². The van der Waals surface area contributed by atoms with Gasteiger partial charge in [0, 0.05) is 12.1 Å². The van der Waals surface area contributed by atoms with Gasteiger partial charge in [-0.1, -0.05) is 12.1 Å². The Morgan fingerprint density at radius 1 is 1.36 bits per heavy atom. The van der Waals surface area contributed by atoms with Crippen LogP contribution < -0.4 is 5.32 Å². The maximum Gasteiger partial charge on any atom is 0.407 e. The van der Waals surface area contributed by atoms with E-state index < -0.39 is 28.3 Å². The highest BCUT2D eigenvalue weighted by Gasteiger charge is 2.24. The zero-order valence-corrected chi connectivity index (χ0v) is 12.6. The minimum absolute atomic E-state index is 0.0961. The highest BCUT2D eigenvalue weighted by atomic mass is 16.6. The fourth-order valence-electron chi connectivity index (χ4n) is 1.79. The molecule has 0 aromatic heterocycles. The molecular weight excluding hydrogens is 292 g/mol. The number of para-hydroxylation sites is 1. The highest BCUT2D eigenvalue weighted by molar-refractivity contribution is 5.93. The number of hydrogen-bond acceptors (Lipinski definition) is 5. The Morgan fingerprint density at radius 3 is 2.50 bits per heavy atom. The number of hydrogen-bond donors (Lipinski definition) is 2. The van der Waals surface area contributed by atoms with Gasteiger partial charge in [-0.3, -0.25) is 10.1 Å². The number of nitro benzene ring substituents is 1. The van der Waals surface area contributed by atoms with Gasteiger partial charge in [0.1, 0.15) is 11.2 Å². The Morgan fingerprint density at radius 2 is 2.00 bits per heavy atom. The van der Waals surface area contributed by atoms with Gasteiger partial charge in [-0.15, -0.1) is 0 Å². The molecule has 8 nitrogen and oxygen atoms in total. The number of nitrogens with one attached hydrogen (secondary N) is 1. The summed E-state index contributed by atoms with van der Waals surface area (Å²) < 4.78 is 5.04. The van der Waals surface area contributed by atoms with Crippen LogP contribution in [0.1, 0.15) is 36.7 Å². The molecule has 1 aromatic rings. The first-order valence-electron chi connectivity index (χ1n) is 6.58. The van der Waals surface area contributed by atoms with Crippen molar-refractivity contribution in [1.82, 2.24) is 5.32 Å². The van der Waals surface area contributed by atoms with E-state index in [1.165, 1.54) is 18.2 Å². The molecule has 22 heavy (non-hydrogen) atoms. The van der Waals surface area contributed by atoms with Crippen molar-refractivity contribution in [2.75, 3.05) is 6.54 Å². The molecule has 0 radical (unpaired) electrons. The molecule has 8 heteroatoms. The minimum atomic E-state index is -1.37. The third kappa shape index (κ3) is 5.04. The van der Waals surface area contributed by atoms with E-state index in [-0.39, 0.29) is 24.1 Å². The van der Waals surface area contributed by atoms with Gasteiger partial charge in [0.25, 0.3) is 5.69 Å². The number of benzene rings is 1. The topological polar surface area (TPSA) is 119 Å². The zero-order valence-electron chi connectivity index (χ0n) is 12.6. The normalized spacial score (nSPS) is 10.9. The number of carboxylic acids is 1. The molecular formula is C14H18N2O6. The van der Waals surface area contributed by atoms with Crippen molar-refractivity contribution in [3.63, 3.8) is 0 Å². The van der Waals surface area contributed by atoms with Crippen molar-refractivity contribution in [3.8, 4) is 0 Å². The fraction of sp³-hybridized carbons (Fsp3) is 0.429. The van der Waals surface area contributed by atoms with Crippen LogP contribution in [0.5, 0.6) is 0 Å². The molecule has 0 unspecified atom stereocenters. The van der Waals surface area contributed by atoms with Gasteiger partial charge >= 0.3 is 12.1 Å². The third-order valence-electron chi connectivity index (χ3n) is 2.60. The van der Waals surface area contributed by atoms with Crippen LogP contribution in [0.4, 0.5) is 10.5 Å². The van der Waals surface area contributed by atoms with Crippen LogP contribution in [0, 0.1) is 10.1 Å². The Balaban J connectivity index is 2.78. The fourth-order valence-corrected chi connectivity index (χ4v) is 1.79. The van der Waals surface area contributed by atoms with Gasteiger partial charge in [0.2, 0.25) is 0 Å². The molecule has 0 saturated carbocycles. The summed E-state index contributed by atoms with van der Waals surface area (Å²) in [5, 5.41) is 22.5. The number of rotatable bonds is 5. The van der Waals surface area contributed by atoms with Crippen molar-refractivity contribution in [2.45, 2.75) is 32.8 Å². The molecule has 0 heterocycles. The van der Waals surface area contributed by atoms with Crippen LogP contribution >= 0.6 is 0 Å². The molecule has 0 atom stereocenters. The maximum atomic E-state index is 11.5. The molecule has 0 fully saturated rings. The number of alkyl carbamates (subject to hydrolysis) is 1. The van der Waals surface area contributed by atoms with E-state index in [2.05, 4.69) is 5.32 Å². The molecule has 120 valence electrons. The Bertz CT molecular complexity index is 591. The number of carbonyl (C=O) groups excluding carboxylic acids is 1. The second-order valence-corrected chi connectivity index (χ2v) is 5.55. The van der Waals surface area contributed by atoms with Crippen molar-refractivity contribution >= 4 is 17.7 Å².